The maximum Gasteiger partial charge on any atom is 0.260 e. The van der Waals surface area contributed by atoms with Crippen LogP contribution in [0.5, 0.6) is 5.75 Å². The molecule has 0 saturated heterocycles. The standard InChI is InChI=1S/C15H16N2O3/c1-10(11-6-3-4-8-13(11)20-2)17-15(19)12-7-5-9-16-14(12)18/h3-10H,1-2H3,(H,16,18)(H,17,19). The third-order valence-electron chi connectivity index (χ3n) is 3.02. The number of ether oxygens (including phenoxy) is 1. The summed E-state index contributed by atoms with van der Waals surface area (Å²) in [6.07, 6.45) is 1.49. The van der Waals surface area contributed by atoms with E-state index in [1.807, 2.05) is 31.2 Å². The predicted molar refractivity (Wildman–Crippen MR) is 75.9 cm³/mol. The van der Waals surface area contributed by atoms with E-state index in [0.29, 0.717) is 5.75 Å². The number of rotatable bonds is 4. The molecule has 1 heterocycles. The number of pyridine rings is 1. The number of aromatic nitrogens is 1. The van der Waals surface area contributed by atoms with Crippen LogP contribution >= 0.6 is 0 Å². The van der Waals surface area contributed by atoms with Gasteiger partial charge in [-0.15, -0.1) is 0 Å². The Morgan fingerprint density at radius 2 is 2.00 bits per heavy atom. The van der Waals surface area contributed by atoms with Crippen molar-refractivity contribution < 1.29 is 9.53 Å². The van der Waals surface area contributed by atoms with E-state index in [1.54, 1.807) is 13.2 Å². The van der Waals surface area contributed by atoms with Crippen LogP contribution < -0.4 is 15.6 Å². The average molecular weight is 272 g/mol. The van der Waals surface area contributed by atoms with Gasteiger partial charge in [0.15, 0.2) is 0 Å². The number of benzene rings is 1. The number of aromatic amines is 1. The summed E-state index contributed by atoms with van der Waals surface area (Å²) in [7, 11) is 1.58. The van der Waals surface area contributed by atoms with Gasteiger partial charge in [-0.3, -0.25) is 9.59 Å². The normalized spacial score (nSPS) is 11.7. The predicted octanol–water partition coefficient (Wildman–Crippen LogP) is 1.87. The van der Waals surface area contributed by atoms with E-state index in [4.69, 9.17) is 4.74 Å². The molecular weight excluding hydrogens is 256 g/mol. The van der Waals surface area contributed by atoms with Crippen molar-refractivity contribution in [2.75, 3.05) is 7.11 Å². The van der Waals surface area contributed by atoms with Crippen LogP contribution in [0.3, 0.4) is 0 Å². The zero-order valence-electron chi connectivity index (χ0n) is 11.3. The summed E-state index contributed by atoms with van der Waals surface area (Å²) >= 11 is 0. The number of para-hydroxylation sites is 1. The van der Waals surface area contributed by atoms with E-state index < -0.39 is 11.5 Å². The second kappa shape index (κ2) is 6.06. The number of hydrogen-bond acceptors (Lipinski definition) is 3. The second-order valence-corrected chi connectivity index (χ2v) is 4.35. The zero-order valence-corrected chi connectivity index (χ0v) is 11.3. The number of carbonyl (C=O) groups is 1. The lowest BCUT2D eigenvalue weighted by Gasteiger charge is -2.17. The van der Waals surface area contributed by atoms with E-state index in [1.165, 1.54) is 12.3 Å². The molecule has 0 spiro atoms. The van der Waals surface area contributed by atoms with Crippen molar-refractivity contribution in [2.24, 2.45) is 0 Å². The molecule has 2 N–H and O–H groups in total. The Morgan fingerprint density at radius 3 is 2.70 bits per heavy atom. The summed E-state index contributed by atoms with van der Waals surface area (Å²) in [5, 5.41) is 2.79. The first-order valence-electron chi connectivity index (χ1n) is 6.25. The highest BCUT2D eigenvalue weighted by atomic mass is 16.5. The maximum absolute atomic E-state index is 12.1. The smallest absolute Gasteiger partial charge is 0.260 e. The van der Waals surface area contributed by atoms with Crippen molar-refractivity contribution >= 4 is 5.91 Å². The first-order chi connectivity index (χ1) is 9.63. The molecule has 1 aromatic heterocycles. The molecular formula is C15H16N2O3. The fraction of sp³-hybridized carbons (Fsp3) is 0.200. The van der Waals surface area contributed by atoms with Crippen molar-refractivity contribution in [1.82, 2.24) is 10.3 Å². The number of carbonyl (C=O) groups excluding carboxylic acids is 1. The highest BCUT2D eigenvalue weighted by molar-refractivity contribution is 5.94. The summed E-state index contributed by atoms with van der Waals surface area (Å²) in [6.45, 7) is 1.84. The molecule has 1 unspecified atom stereocenters. The van der Waals surface area contributed by atoms with Crippen LogP contribution in [0.4, 0.5) is 0 Å². The van der Waals surface area contributed by atoms with Gasteiger partial charge in [-0.2, -0.15) is 0 Å². The lowest BCUT2D eigenvalue weighted by molar-refractivity contribution is 0.0938. The second-order valence-electron chi connectivity index (χ2n) is 4.35. The minimum Gasteiger partial charge on any atom is -0.496 e. The van der Waals surface area contributed by atoms with E-state index in [9.17, 15) is 9.59 Å². The minimum atomic E-state index is -0.412. The summed E-state index contributed by atoms with van der Waals surface area (Å²) in [4.78, 5) is 26.1. The number of nitrogens with one attached hydrogen (secondary N) is 2. The molecule has 2 rings (SSSR count). The molecule has 104 valence electrons. The Bertz CT molecular complexity index is 664. The van der Waals surface area contributed by atoms with E-state index >= 15 is 0 Å². The first-order valence-corrected chi connectivity index (χ1v) is 6.25. The third kappa shape index (κ3) is 2.88. The van der Waals surface area contributed by atoms with Gasteiger partial charge in [-0.05, 0) is 25.1 Å². The van der Waals surface area contributed by atoms with Gasteiger partial charge in [0.05, 0.1) is 13.2 Å². The highest BCUT2D eigenvalue weighted by Crippen LogP contribution is 2.24. The van der Waals surface area contributed by atoms with Crippen molar-refractivity contribution in [3.63, 3.8) is 0 Å². The largest absolute Gasteiger partial charge is 0.496 e. The van der Waals surface area contributed by atoms with Crippen LogP contribution in [-0.2, 0) is 0 Å². The summed E-state index contributed by atoms with van der Waals surface area (Å²) in [5.41, 5.74) is 0.544. The molecule has 1 aromatic carbocycles. The Kier molecular flexibility index (Phi) is 4.20. The highest BCUT2D eigenvalue weighted by Gasteiger charge is 2.16. The minimum absolute atomic E-state index is 0.0919. The summed E-state index contributed by atoms with van der Waals surface area (Å²) in [5.74, 6) is 0.285. The van der Waals surface area contributed by atoms with Gasteiger partial charge in [0, 0.05) is 11.8 Å². The van der Waals surface area contributed by atoms with Crippen molar-refractivity contribution in [2.45, 2.75) is 13.0 Å². The molecule has 20 heavy (non-hydrogen) atoms. The monoisotopic (exact) mass is 272 g/mol. The number of methoxy groups -OCH3 is 1. The molecule has 0 aliphatic carbocycles. The Labute approximate surface area is 116 Å². The van der Waals surface area contributed by atoms with Crippen LogP contribution in [0.25, 0.3) is 0 Å². The molecule has 0 bridgehead atoms. The Morgan fingerprint density at radius 1 is 1.25 bits per heavy atom. The van der Waals surface area contributed by atoms with Gasteiger partial charge in [-0.25, -0.2) is 0 Å². The average Bonchev–Trinajstić information content (AvgIpc) is 2.47. The third-order valence-corrected chi connectivity index (χ3v) is 3.02. The summed E-state index contributed by atoms with van der Waals surface area (Å²) < 4.78 is 5.26. The van der Waals surface area contributed by atoms with E-state index in [-0.39, 0.29) is 11.6 Å². The van der Waals surface area contributed by atoms with Crippen LogP contribution in [0.1, 0.15) is 28.9 Å². The SMILES string of the molecule is COc1ccccc1C(C)NC(=O)c1ccc[nH]c1=O. The van der Waals surface area contributed by atoms with Gasteiger partial charge >= 0.3 is 0 Å². The lowest BCUT2D eigenvalue weighted by atomic mass is 10.1. The van der Waals surface area contributed by atoms with Gasteiger partial charge in [0.1, 0.15) is 11.3 Å². The molecule has 1 amide bonds. The van der Waals surface area contributed by atoms with Gasteiger partial charge in [0.2, 0.25) is 0 Å². The lowest BCUT2D eigenvalue weighted by Crippen LogP contribution is -2.31. The van der Waals surface area contributed by atoms with Crippen LogP contribution in [0.2, 0.25) is 0 Å². The quantitative estimate of drug-likeness (QED) is 0.892. The number of H-pyrrole nitrogens is 1. The van der Waals surface area contributed by atoms with Gasteiger partial charge in [-0.1, -0.05) is 18.2 Å². The molecule has 5 nitrogen and oxygen atoms in total. The van der Waals surface area contributed by atoms with E-state index in [0.717, 1.165) is 5.56 Å². The zero-order chi connectivity index (χ0) is 14.5. The van der Waals surface area contributed by atoms with Crippen LogP contribution in [0, 0.1) is 0 Å². The van der Waals surface area contributed by atoms with Crippen molar-refractivity contribution in [3.05, 3.63) is 64.1 Å². The number of hydrogen-bond donors (Lipinski definition) is 2. The Balaban J connectivity index is 2.20. The van der Waals surface area contributed by atoms with Crippen molar-refractivity contribution in [1.29, 1.82) is 0 Å². The Hall–Kier alpha value is -2.56. The molecule has 0 fully saturated rings. The molecule has 0 radical (unpaired) electrons. The molecule has 2 aromatic rings. The molecule has 0 saturated carbocycles. The summed E-state index contributed by atoms with van der Waals surface area (Å²) in [6, 6.07) is 10.3. The fourth-order valence-electron chi connectivity index (χ4n) is 1.98. The maximum atomic E-state index is 12.1. The first kappa shape index (κ1) is 13.9. The van der Waals surface area contributed by atoms with E-state index in [2.05, 4.69) is 10.3 Å². The molecule has 0 aliphatic rings. The molecule has 5 heteroatoms. The van der Waals surface area contributed by atoms with Crippen molar-refractivity contribution in [3.8, 4) is 5.75 Å². The molecule has 1 atom stereocenters. The van der Waals surface area contributed by atoms with Gasteiger partial charge < -0.3 is 15.0 Å². The van der Waals surface area contributed by atoms with Crippen LogP contribution in [-0.4, -0.2) is 18.0 Å². The molecule has 0 aliphatic heterocycles. The topological polar surface area (TPSA) is 71.2 Å². The van der Waals surface area contributed by atoms with Crippen LogP contribution in [0.15, 0.2) is 47.4 Å². The number of amides is 1. The van der Waals surface area contributed by atoms with Gasteiger partial charge in [0.25, 0.3) is 11.5 Å². The fourth-order valence-corrected chi connectivity index (χ4v) is 1.98.